The first-order valence-electron chi connectivity index (χ1n) is 11.9. The van der Waals surface area contributed by atoms with Crippen molar-refractivity contribution in [2.24, 2.45) is 5.41 Å². The van der Waals surface area contributed by atoms with Gasteiger partial charge in [0.15, 0.2) is 0 Å². The van der Waals surface area contributed by atoms with Crippen LogP contribution < -0.4 is 9.47 Å². The predicted molar refractivity (Wildman–Crippen MR) is 125 cm³/mol. The maximum Gasteiger partial charge on any atom is 0.573 e. The molecule has 2 aromatic rings. The molecule has 0 aliphatic carbocycles. The van der Waals surface area contributed by atoms with Gasteiger partial charge in [-0.05, 0) is 49.2 Å². The standard InChI is InChI=1S/C26H29F3N2O5/c27-26(28,29)36-22-9-7-20(8-10-22)24(33)31-12-4-11-25(18-31,19-35-21-5-2-1-3-6-21)17-23(32)30-13-15-34-16-14-30/h1-3,5-10H,4,11-19H2/t25-/m0/s1. The number of carbonyl (C=O) groups is 2. The molecule has 36 heavy (non-hydrogen) atoms. The van der Waals surface area contributed by atoms with Gasteiger partial charge >= 0.3 is 6.36 Å². The molecule has 0 bridgehead atoms. The van der Waals surface area contributed by atoms with Gasteiger partial charge in [0, 0.05) is 43.6 Å². The van der Waals surface area contributed by atoms with Crippen LogP contribution in [0, 0.1) is 5.41 Å². The van der Waals surface area contributed by atoms with Crippen molar-refractivity contribution in [3.05, 3.63) is 60.2 Å². The smallest absolute Gasteiger partial charge is 0.493 e. The van der Waals surface area contributed by atoms with Crippen molar-refractivity contribution in [2.75, 3.05) is 46.0 Å². The highest BCUT2D eigenvalue weighted by molar-refractivity contribution is 5.94. The molecule has 0 aromatic heterocycles. The van der Waals surface area contributed by atoms with Crippen LogP contribution in [0.25, 0.3) is 0 Å². The number of rotatable bonds is 7. The average molecular weight is 507 g/mol. The summed E-state index contributed by atoms with van der Waals surface area (Å²) >= 11 is 0. The molecule has 2 aliphatic rings. The zero-order chi connectivity index (χ0) is 25.6. The Kier molecular flexibility index (Phi) is 8.03. The first kappa shape index (κ1) is 25.8. The molecular formula is C26H29F3N2O5. The number of likely N-dealkylation sites (tertiary alicyclic amines) is 1. The fourth-order valence-corrected chi connectivity index (χ4v) is 4.67. The Morgan fingerprint density at radius 1 is 0.917 bits per heavy atom. The molecule has 0 spiro atoms. The minimum atomic E-state index is -4.80. The molecule has 2 amide bonds. The van der Waals surface area contributed by atoms with E-state index in [0.29, 0.717) is 58.0 Å². The topological polar surface area (TPSA) is 68.3 Å². The number of nitrogens with zero attached hydrogens (tertiary/aromatic N) is 2. The van der Waals surface area contributed by atoms with Crippen molar-refractivity contribution in [1.29, 1.82) is 0 Å². The van der Waals surface area contributed by atoms with Crippen LogP contribution in [0.15, 0.2) is 54.6 Å². The molecule has 7 nitrogen and oxygen atoms in total. The summed E-state index contributed by atoms with van der Waals surface area (Å²) in [6.45, 7) is 3.10. The number of hydrogen-bond acceptors (Lipinski definition) is 5. The lowest BCUT2D eigenvalue weighted by molar-refractivity contribution is -0.274. The quantitative estimate of drug-likeness (QED) is 0.565. The van der Waals surface area contributed by atoms with E-state index in [9.17, 15) is 22.8 Å². The summed E-state index contributed by atoms with van der Waals surface area (Å²) in [5.74, 6) is -0.0205. The highest BCUT2D eigenvalue weighted by Crippen LogP contribution is 2.36. The van der Waals surface area contributed by atoms with Crippen molar-refractivity contribution in [2.45, 2.75) is 25.6 Å². The fourth-order valence-electron chi connectivity index (χ4n) is 4.67. The van der Waals surface area contributed by atoms with Crippen molar-refractivity contribution in [3.8, 4) is 11.5 Å². The maximum absolute atomic E-state index is 13.3. The van der Waals surface area contributed by atoms with Gasteiger partial charge in [0.25, 0.3) is 5.91 Å². The molecule has 2 aromatic carbocycles. The summed E-state index contributed by atoms with van der Waals surface area (Å²) in [5.41, 5.74) is -0.345. The van der Waals surface area contributed by atoms with E-state index >= 15 is 0 Å². The summed E-state index contributed by atoms with van der Waals surface area (Å²) in [5, 5.41) is 0. The lowest BCUT2D eigenvalue weighted by atomic mass is 9.77. The molecular weight excluding hydrogens is 477 g/mol. The van der Waals surface area contributed by atoms with Crippen molar-refractivity contribution in [1.82, 2.24) is 9.80 Å². The number of carbonyl (C=O) groups excluding carboxylic acids is 2. The Hall–Kier alpha value is -3.27. The second kappa shape index (κ2) is 11.2. The van der Waals surface area contributed by atoms with Crippen LogP contribution in [-0.2, 0) is 9.53 Å². The number of piperidine rings is 1. The van der Waals surface area contributed by atoms with Gasteiger partial charge in [0.1, 0.15) is 11.5 Å². The number of amides is 2. The van der Waals surface area contributed by atoms with Crippen LogP contribution in [0.2, 0.25) is 0 Å². The summed E-state index contributed by atoms with van der Waals surface area (Å²) in [6, 6.07) is 14.2. The lowest BCUT2D eigenvalue weighted by Crippen LogP contribution is -2.52. The largest absolute Gasteiger partial charge is 0.573 e. The van der Waals surface area contributed by atoms with Gasteiger partial charge in [-0.1, -0.05) is 18.2 Å². The molecule has 2 aliphatic heterocycles. The zero-order valence-electron chi connectivity index (χ0n) is 19.8. The summed E-state index contributed by atoms with van der Waals surface area (Å²) in [7, 11) is 0. The van der Waals surface area contributed by atoms with Crippen molar-refractivity contribution in [3.63, 3.8) is 0 Å². The van der Waals surface area contributed by atoms with Crippen LogP contribution in [-0.4, -0.2) is 74.0 Å². The zero-order valence-corrected chi connectivity index (χ0v) is 19.8. The molecule has 1 atom stereocenters. The SMILES string of the molecule is O=C(C[C@@]1(COc2ccccc2)CCCN(C(=O)c2ccc(OC(F)(F)F)cc2)C1)N1CCOCC1. The number of morpholine rings is 1. The van der Waals surface area contributed by atoms with Gasteiger partial charge < -0.3 is 24.0 Å². The van der Waals surface area contributed by atoms with Gasteiger partial charge in [-0.25, -0.2) is 0 Å². The Labute approximate surface area is 207 Å². The Morgan fingerprint density at radius 3 is 2.28 bits per heavy atom. The normalized spacial score (nSPS) is 20.6. The molecule has 10 heteroatoms. The number of benzene rings is 2. The predicted octanol–water partition coefficient (Wildman–Crippen LogP) is 4.14. The first-order valence-corrected chi connectivity index (χ1v) is 11.9. The first-order chi connectivity index (χ1) is 17.2. The molecule has 4 rings (SSSR count). The third-order valence-corrected chi connectivity index (χ3v) is 6.46. The van der Waals surface area contributed by atoms with Crippen molar-refractivity contribution >= 4 is 11.8 Å². The van der Waals surface area contributed by atoms with Gasteiger partial charge in [-0.2, -0.15) is 0 Å². The van der Waals surface area contributed by atoms with E-state index in [1.807, 2.05) is 30.3 Å². The van der Waals surface area contributed by atoms with E-state index in [2.05, 4.69) is 4.74 Å². The maximum atomic E-state index is 13.3. The van der Waals surface area contributed by atoms with Crippen LogP contribution in [0.1, 0.15) is 29.6 Å². The van der Waals surface area contributed by atoms with Gasteiger partial charge in [-0.3, -0.25) is 9.59 Å². The summed E-state index contributed by atoms with van der Waals surface area (Å²) in [4.78, 5) is 29.9. The van der Waals surface area contributed by atoms with E-state index < -0.39 is 11.8 Å². The lowest BCUT2D eigenvalue weighted by Gasteiger charge is -2.43. The molecule has 0 N–H and O–H groups in total. The highest BCUT2D eigenvalue weighted by atomic mass is 19.4. The molecule has 0 radical (unpaired) electrons. The molecule has 2 fully saturated rings. The third kappa shape index (κ3) is 6.90. The average Bonchev–Trinajstić information content (AvgIpc) is 2.88. The number of ether oxygens (including phenoxy) is 3. The molecule has 0 saturated carbocycles. The number of alkyl halides is 3. The molecule has 194 valence electrons. The fraction of sp³-hybridized carbons (Fsp3) is 0.462. The van der Waals surface area contributed by atoms with E-state index in [-0.39, 0.29) is 36.2 Å². The minimum Gasteiger partial charge on any atom is -0.493 e. The number of halogens is 3. The van der Waals surface area contributed by atoms with Gasteiger partial charge in [-0.15, -0.1) is 13.2 Å². The van der Waals surface area contributed by atoms with Gasteiger partial charge in [0.2, 0.25) is 5.91 Å². The minimum absolute atomic E-state index is 0.00193. The summed E-state index contributed by atoms with van der Waals surface area (Å²) in [6.07, 6.45) is -3.20. The van der Waals surface area contributed by atoms with Crippen LogP contribution in [0.4, 0.5) is 13.2 Å². The van der Waals surface area contributed by atoms with Crippen molar-refractivity contribution < 1.29 is 37.0 Å². The van der Waals surface area contributed by atoms with E-state index in [0.717, 1.165) is 12.1 Å². The molecule has 2 heterocycles. The second-order valence-electron chi connectivity index (χ2n) is 9.17. The van der Waals surface area contributed by atoms with Crippen LogP contribution in [0.3, 0.4) is 0 Å². The Bertz CT molecular complexity index is 1030. The Morgan fingerprint density at radius 2 is 1.61 bits per heavy atom. The Balaban J connectivity index is 1.49. The van der Waals surface area contributed by atoms with Crippen LogP contribution in [0.5, 0.6) is 11.5 Å². The van der Waals surface area contributed by atoms with Gasteiger partial charge in [0.05, 0.1) is 19.8 Å². The second-order valence-corrected chi connectivity index (χ2v) is 9.17. The van der Waals surface area contributed by atoms with E-state index in [1.165, 1.54) is 12.1 Å². The van der Waals surface area contributed by atoms with Crippen LogP contribution >= 0.6 is 0 Å². The molecule has 0 unspecified atom stereocenters. The molecule has 2 saturated heterocycles. The summed E-state index contributed by atoms with van der Waals surface area (Å²) < 4.78 is 52.7. The number of hydrogen-bond donors (Lipinski definition) is 0. The monoisotopic (exact) mass is 506 g/mol. The van der Waals surface area contributed by atoms with E-state index in [1.54, 1.807) is 9.80 Å². The third-order valence-electron chi connectivity index (χ3n) is 6.46. The highest BCUT2D eigenvalue weighted by Gasteiger charge is 2.41. The van der Waals surface area contributed by atoms with E-state index in [4.69, 9.17) is 9.47 Å². The number of para-hydroxylation sites is 1.